The van der Waals surface area contributed by atoms with Crippen LogP contribution in [0.5, 0.6) is 0 Å². The van der Waals surface area contributed by atoms with E-state index < -0.39 is 11.9 Å². The van der Waals surface area contributed by atoms with Gasteiger partial charge in [-0.2, -0.15) is 4.98 Å². The second-order valence-electron chi connectivity index (χ2n) is 9.81. The molecule has 0 saturated carbocycles. The lowest BCUT2D eigenvalue weighted by molar-refractivity contribution is -0.147. The van der Waals surface area contributed by atoms with Crippen LogP contribution in [0, 0.1) is 0 Å². The molecule has 202 valence electrons. The fourth-order valence-corrected chi connectivity index (χ4v) is 4.12. The number of carbonyl (C=O) groups excluding carboxylic acids is 1. The first-order chi connectivity index (χ1) is 17.5. The van der Waals surface area contributed by atoms with Gasteiger partial charge in [0.1, 0.15) is 12.7 Å². The fraction of sp³-hybridized carbons (Fsp3) is 0.714. The van der Waals surface area contributed by atoms with Gasteiger partial charge in [-0.25, -0.2) is 9.79 Å². The topological polar surface area (TPSA) is 86.0 Å². The van der Waals surface area contributed by atoms with Crippen molar-refractivity contribution in [3.8, 4) is 0 Å². The standard InChI is InChI=1S/C28H46N4O4/c1-4-5-6-7-8-9-10-11-12-13-14-15-16-17-27(33)35-22-24-18-19-26(36-24)32-21-20-25(30-28(32)34)29-23-31(2)3/h18-21,23-24,26H,4-17,22H2,1-3H3/t24-,26+/m0/s1. The Morgan fingerprint density at radius 1 is 1.03 bits per heavy atom. The van der Waals surface area contributed by atoms with Crippen molar-refractivity contribution in [2.45, 2.75) is 109 Å². The number of hydrogen-bond acceptors (Lipinski definition) is 6. The summed E-state index contributed by atoms with van der Waals surface area (Å²) in [6, 6.07) is 1.65. The van der Waals surface area contributed by atoms with Crippen LogP contribution in [0.25, 0.3) is 0 Å². The molecular formula is C28H46N4O4. The maximum atomic E-state index is 12.3. The van der Waals surface area contributed by atoms with Crippen molar-refractivity contribution in [1.82, 2.24) is 14.5 Å². The third-order valence-corrected chi connectivity index (χ3v) is 6.21. The van der Waals surface area contributed by atoms with Crippen molar-refractivity contribution < 1.29 is 14.3 Å². The number of unbranched alkanes of at least 4 members (excludes halogenated alkanes) is 12. The van der Waals surface area contributed by atoms with Gasteiger partial charge >= 0.3 is 11.7 Å². The largest absolute Gasteiger partial charge is 0.463 e. The van der Waals surface area contributed by atoms with Gasteiger partial charge in [0.2, 0.25) is 0 Å². The summed E-state index contributed by atoms with van der Waals surface area (Å²) >= 11 is 0. The molecule has 0 radical (unpaired) electrons. The van der Waals surface area contributed by atoms with Gasteiger partial charge in [-0.1, -0.05) is 90.0 Å². The van der Waals surface area contributed by atoms with Gasteiger partial charge in [-0.15, -0.1) is 0 Å². The Balaban J connectivity index is 1.50. The van der Waals surface area contributed by atoms with Gasteiger partial charge in [-0.3, -0.25) is 9.36 Å². The Morgan fingerprint density at radius 2 is 1.64 bits per heavy atom. The second-order valence-corrected chi connectivity index (χ2v) is 9.81. The average Bonchev–Trinajstić information content (AvgIpc) is 3.33. The molecule has 1 aromatic heterocycles. The summed E-state index contributed by atoms with van der Waals surface area (Å²) in [7, 11) is 3.68. The quantitative estimate of drug-likeness (QED) is 0.0765. The molecule has 0 saturated heterocycles. The minimum atomic E-state index is -0.568. The summed E-state index contributed by atoms with van der Waals surface area (Å²) in [6.45, 7) is 2.41. The lowest BCUT2D eigenvalue weighted by Gasteiger charge is -2.16. The first-order valence-corrected chi connectivity index (χ1v) is 13.8. The van der Waals surface area contributed by atoms with Crippen LogP contribution in [-0.2, 0) is 14.3 Å². The summed E-state index contributed by atoms with van der Waals surface area (Å²) in [4.78, 5) is 34.2. The maximum Gasteiger partial charge on any atom is 0.351 e. The molecule has 0 aromatic carbocycles. The number of hydrogen-bond donors (Lipinski definition) is 0. The summed E-state index contributed by atoms with van der Waals surface area (Å²) in [5, 5.41) is 0. The molecule has 0 spiro atoms. The second kappa shape index (κ2) is 17.9. The van der Waals surface area contributed by atoms with Gasteiger partial charge < -0.3 is 14.4 Å². The zero-order chi connectivity index (χ0) is 26.0. The van der Waals surface area contributed by atoms with Crippen LogP contribution in [0.15, 0.2) is 34.2 Å². The van der Waals surface area contributed by atoms with Gasteiger partial charge in [0.25, 0.3) is 0 Å². The van der Waals surface area contributed by atoms with Crippen LogP contribution in [0.1, 0.15) is 103 Å². The first-order valence-electron chi connectivity index (χ1n) is 13.8. The lowest BCUT2D eigenvalue weighted by Crippen LogP contribution is -2.28. The highest BCUT2D eigenvalue weighted by Crippen LogP contribution is 2.20. The fourth-order valence-electron chi connectivity index (χ4n) is 4.12. The first kappa shape index (κ1) is 29.7. The Kier molecular flexibility index (Phi) is 14.8. The van der Waals surface area contributed by atoms with Crippen LogP contribution in [-0.4, -0.2) is 53.6 Å². The normalized spacial score (nSPS) is 17.2. The maximum absolute atomic E-state index is 12.3. The monoisotopic (exact) mass is 502 g/mol. The summed E-state index contributed by atoms with van der Waals surface area (Å²) in [5.74, 6) is 0.144. The zero-order valence-corrected chi connectivity index (χ0v) is 22.6. The third kappa shape index (κ3) is 12.5. The van der Waals surface area contributed by atoms with Crippen LogP contribution in [0.2, 0.25) is 0 Å². The highest BCUT2D eigenvalue weighted by Gasteiger charge is 2.23. The highest BCUT2D eigenvalue weighted by molar-refractivity contribution is 5.69. The van der Waals surface area contributed by atoms with Crippen LogP contribution in [0.3, 0.4) is 0 Å². The summed E-state index contributed by atoms with van der Waals surface area (Å²) in [5.41, 5.74) is -0.446. The van der Waals surface area contributed by atoms with Gasteiger partial charge in [0.05, 0.1) is 6.34 Å². The van der Waals surface area contributed by atoms with Crippen molar-refractivity contribution >= 4 is 18.1 Å². The molecule has 0 N–H and O–H groups in total. The Morgan fingerprint density at radius 3 is 2.22 bits per heavy atom. The van der Waals surface area contributed by atoms with Gasteiger partial charge in [-0.05, 0) is 18.6 Å². The van der Waals surface area contributed by atoms with Crippen molar-refractivity contribution in [2.24, 2.45) is 4.99 Å². The molecule has 2 atom stereocenters. The van der Waals surface area contributed by atoms with E-state index in [1.165, 1.54) is 75.2 Å². The van der Waals surface area contributed by atoms with E-state index in [1.54, 1.807) is 29.6 Å². The number of carbonyl (C=O) groups is 1. The van der Waals surface area contributed by atoms with Crippen LogP contribution >= 0.6 is 0 Å². The molecule has 2 rings (SSSR count). The molecule has 36 heavy (non-hydrogen) atoms. The lowest BCUT2D eigenvalue weighted by atomic mass is 10.0. The van der Waals surface area contributed by atoms with E-state index in [-0.39, 0.29) is 18.7 Å². The van der Waals surface area contributed by atoms with E-state index in [1.807, 2.05) is 20.2 Å². The average molecular weight is 503 g/mol. The van der Waals surface area contributed by atoms with Crippen molar-refractivity contribution in [3.63, 3.8) is 0 Å². The summed E-state index contributed by atoms with van der Waals surface area (Å²) < 4.78 is 12.6. The van der Waals surface area contributed by atoms with Crippen LogP contribution in [0.4, 0.5) is 5.82 Å². The molecule has 1 aliphatic heterocycles. The molecule has 0 fully saturated rings. The molecule has 8 nitrogen and oxygen atoms in total. The molecule has 0 amide bonds. The predicted octanol–water partition coefficient (Wildman–Crippen LogP) is 5.94. The van der Waals surface area contributed by atoms with E-state index in [9.17, 15) is 9.59 Å². The molecule has 0 bridgehead atoms. The molecule has 2 heterocycles. The molecule has 8 heteroatoms. The van der Waals surface area contributed by atoms with E-state index in [0.717, 1.165) is 12.8 Å². The Bertz CT molecular complexity index is 865. The van der Waals surface area contributed by atoms with Crippen molar-refractivity contribution in [2.75, 3.05) is 20.7 Å². The highest BCUT2D eigenvalue weighted by atomic mass is 16.6. The summed E-state index contributed by atoms with van der Waals surface area (Å²) in [6.07, 6.45) is 22.9. The number of esters is 1. The molecule has 1 aromatic rings. The molecule has 0 unspecified atom stereocenters. The minimum Gasteiger partial charge on any atom is -0.463 e. The van der Waals surface area contributed by atoms with Gasteiger partial charge in [0.15, 0.2) is 12.0 Å². The van der Waals surface area contributed by atoms with Gasteiger partial charge in [0, 0.05) is 26.7 Å². The number of aliphatic imine (C=N–C) groups is 1. The van der Waals surface area contributed by atoms with E-state index in [2.05, 4.69) is 16.9 Å². The van der Waals surface area contributed by atoms with E-state index in [0.29, 0.717) is 12.2 Å². The number of aromatic nitrogens is 2. The number of nitrogens with zero attached hydrogens (tertiary/aromatic N) is 4. The zero-order valence-electron chi connectivity index (χ0n) is 22.6. The molecular weight excluding hydrogens is 456 g/mol. The minimum absolute atomic E-state index is 0.150. The van der Waals surface area contributed by atoms with Crippen LogP contribution < -0.4 is 5.69 Å². The molecule has 0 aliphatic carbocycles. The number of rotatable bonds is 19. The van der Waals surface area contributed by atoms with E-state index in [4.69, 9.17) is 9.47 Å². The smallest absolute Gasteiger partial charge is 0.351 e. The number of ether oxygens (including phenoxy) is 2. The van der Waals surface area contributed by atoms with Crippen molar-refractivity contribution in [3.05, 3.63) is 34.9 Å². The predicted molar refractivity (Wildman–Crippen MR) is 145 cm³/mol. The Hall–Kier alpha value is -2.48. The van der Waals surface area contributed by atoms with E-state index >= 15 is 0 Å². The third-order valence-electron chi connectivity index (χ3n) is 6.21. The molecule has 1 aliphatic rings. The SMILES string of the molecule is CCCCCCCCCCCCCCCC(=O)OC[C@@H]1C=C[C@H](n2ccc(N=CN(C)C)nc2=O)O1. The van der Waals surface area contributed by atoms with Crippen molar-refractivity contribution in [1.29, 1.82) is 0 Å². The Labute approximate surface area is 216 Å².